The van der Waals surface area contributed by atoms with Crippen LogP contribution < -0.4 is 10.6 Å². The normalized spacial score (nSPS) is 10.1. The minimum atomic E-state index is 0.503. The van der Waals surface area contributed by atoms with Gasteiger partial charge in [-0.05, 0) is 42.4 Å². The van der Waals surface area contributed by atoms with Gasteiger partial charge in [0.2, 0.25) is 0 Å². The molecule has 0 spiro atoms. The maximum Gasteiger partial charge on any atom is 0.170 e. The zero-order valence-electron chi connectivity index (χ0n) is 10.7. The third kappa shape index (κ3) is 4.67. The topological polar surface area (TPSA) is 24.1 Å². The number of rotatable bonds is 4. The van der Waals surface area contributed by atoms with Gasteiger partial charge in [-0.1, -0.05) is 53.5 Å². The van der Waals surface area contributed by atoms with E-state index in [1.165, 1.54) is 5.56 Å². The molecule has 0 bridgehead atoms. The Hall–Kier alpha value is -1.29. The molecule has 2 aromatic carbocycles. The maximum absolute atomic E-state index is 5.95. The summed E-state index contributed by atoms with van der Waals surface area (Å²) in [6, 6.07) is 15.6. The number of thiocarbonyl (C=S) groups is 1. The Kier molecular flexibility index (Phi) is 5.65. The van der Waals surface area contributed by atoms with Gasteiger partial charge in [0.15, 0.2) is 5.11 Å². The van der Waals surface area contributed by atoms with E-state index < -0.39 is 0 Å². The molecule has 2 aromatic rings. The third-order valence-electron chi connectivity index (χ3n) is 2.72. The lowest BCUT2D eigenvalue weighted by molar-refractivity contribution is 0.873. The van der Waals surface area contributed by atoms with Gasteiger partial charge in [0.05, 0.1) is 10.0 Å². The van der Waals surface area contributed by atoms with Crippen molar-refractivity contribution in [3.8, 4) is 0 Å². The van der Waals surface area contributed by atoms with Crippen LogP contribution in [0.15, 0.2) is 48.5 Å². The molecule has 0 aliphatic carbocycles. The van der Waals surface area contributed by atoms with Crippen molar-refractivity contribution in [2.45, 2.75) is 6.42 Å². The van der Waals surface area contributed by atoms with Crippen LogP contribution in [0, 0.1) is 0 Å². The molecule has 2 rings (SSSR count). The molecule has 0 aliphatic heterocycles. The standard InChI is InChI=1S/C15H14Cl2N2S/c16-13-7-6-12(10-14(13)17)19-15(20)18-9-8-11-4-2-1-3-5-11/h1-7,10H,8-9H2,(H2,18,19,20). The van der Waals surface area contributed by atoms with Crippen LogP contribution in [0.5, 0.6) is 0 Å². The molecule has 0 amide bonds. The first kappa shape index (κ1) is 15.1. The van der Waals surface area contributed by atoms with Crippen LogP contribution in [0.1, 0.15) is 5.56 Å². The number of anilines is 1. The van der Waals surface area contributed by atoms with E-state index in [1.54, 1.807) is 12.1 Å². The van der Waals surface area contributed by atoms with Crippen molar-refractivity contribution in [2.24, 2.45) is 0 Å². The zero-order valence-corrected chi connectivity index (χ0v) is 13.0. The molecule has 0 atom stereocenters. The minimum Gasteiger partial charge on any atom is -0.362 e. The monoisotopic (exact) mass is 324 g/mol. The Morgan fingerprint density at radius 3 is 2.45 bits per heavy atom. The third-order valence-corrected chi connectivity index (χ3v) is 3.70. The average Bonchev–Trinajstić information content (AvgIpc) is 2.44. The Morgan fingerprint density at radius 2 is 1.75 bits per heavy atom. The Balaban J connectivity index is 1.79. The highest BCUT2D eigenvalue weighted by molar-refractivity contribution is 7.80. The molecule has 20 heavy (non-hydrogen) atoms. The Bertz CT molecular complexity index is 588. The van der Waals surface area contributed by atoms with E-state index in [4.69, 9.17) is 35.4 Å². The van der Waals surface area contributed by atoms with Crippen molar-refractivity contribution in [1.29, 1.82) is 0 Å². The van der Waals surface area contributed by atoms with Crippen LogP contribution in [0.25, 0.3) is 0 Å². The van der Waals surface area contributed by atoms with Crippen molar-refractivity contribution in [1.82, 2.24) is 5.32 Å². The first-order valence-electron chi connectivity index (χ1n) is 6.19. The summed E-state index contributed by atoms with van der Waals surface area (Å²) in [6.45, 7) is 0.775. The number of hydrogen-bond acceptors (Lipinski definition) is 1. The number of halogens is 2. The van der Waals surface area contributed by atoms with E-state index >= 15 is 0 Å². The molecule has 2 N–H and O–H groups in total. The molecular formula is C15H14Cl2N2S. The highest BCUT2D eigenvalue weighted by Gasteiger charge is 2.01. The van der Waals surface area contributed by atoms with Gasteiger partial charge in [-0.2, -0.15) is 0 Å². The second kappa shape index (κ2) is 7.48. The Labute approximate surface area is 134 Å². The first-order chi connectivity index (χ1) is 9.65. The van der Waals surface area contributed by atoms with E-state index in [2.05, 4.69) is 22.8 Å². The molecular weight excluding hydrogens is 311 g/mol. The quantitative estimate of drug-likeness (QED) is 0.808. The van der Waals surface area contributed by atoms with Crippen LogP contribution in [0.4, 0.5) is 5.69 Å². The summed E-state index contributed by atoms with van der Waals surface area (Å²) in [5.74, 6) is 0. The molecule has 0 aliphatic rings. The van der Waals surface area contributed by atoms with E-state index in [1.807, 2.05) is 24.3 Å². The van der Waals surface area contributed by atoms with Crippen LogP contribution in [-0.2, 0) is 6.42 Å². The fraction of sp³-hybridized carbons (Fsp3) is 0.133. The van der Waals surface area contributed by atoms with Gasteiger partial charge in [-0.25, -0.2) is 0 Å². The summed E-state index contributed by atoms with van der Waals surface area (Å²) >= 11 is 17.0. The lowest BCUT2D eigenvalue weighted by Gasteiger charge is -2.11. The number of hydrogen-bond donors (Lipinski definition) is 2. The summed E-state index contributed by atoms with van der Waals surface area (Å²) in [5.41, 5.74) is 2.09. The van der Waals surface area contributed by atoms with E-state index in [-0.39, 0.29) is 0 Å². The number of nitrogens with one attached hydrogen (secondary N) is 2. The van der Waals surface area contributed by atoms with Gasteiger partial charge in [0.25, 0.3) is 0 Å². The van der Waals surface area contributed by atoms with Gasteiger partial charge in [-0.15, -0.1) is 0 Å². The van der Waals surface area contributed by atoms with Crippen LogP contribution >= 0.6 is 35.4 Å². The molecule has 0 saturated carbocycles. The van der Waals surface area contributed by atoms with E-state index in [0.717, 1.165) is 18.7 Å². The molecule has 0 unspecified atom stereocenters. The SMILES string of the molecule is S=C(NCCc1ccccc1)Nc1ccc(Cl)c(Cl)c1. The van der Waals surface area contributed by atoms with Gasteiger partial charge >= 0.3 is 0 Å². The summed E-state index contributed by atoms with van der Waals surface area (Å²) in [7, 11) is 0. The largest absolute Gasteiger partial charge is 0.362 e. The highest BCUT2D eigenvalue weighted by Crippen LogP contribution is 2.24. The van der Waals surface area contributed by atoms with Crippen molar-refractivity contribution in [2.75, 3.05) is 11.9 Å². The smallest absolute Gasteiger partial charge is 0.170 e. The van der Waals surface area contributed by atoms with Gasteiger partial charge in [0.1, 0.15) is 0 Å². The van der Waals surface area contributed by atoms with Crippen LogP contribution in [0.2, 0.25) is 10.0 Å². The van der Waals surface area contributed by atoms with Crippen molar-refractivity contribution in [3.63, 3.8) is 0 Å². The zero-order chi connectivity index (χ0) is 14.4. The van der Waals surface area contributed by atoms with Gasteiger partial charge in [-0.3, -0.25) is 0 Å². The van der Waals surface area contributed by atoms with E-state index in [9.17, 15) is 0 Å². The molecule has 0 heterocycles. The molecule has 0 radical (unpaired) electrons. The van der Waals surface area contributed by atoms with E-state index in [0.29, 0.717) is 15.2 Å². The highest BCUT2D eigenvalue weighted by atomic mass is 35.5. The summed E-state index contributed by atoms with van der Waals surface area (Å²) < 4.78 is 0. The van der Waals surface area contributed by atoms with Gasteiger partial charge < -0.3 is 10.6 Å². The minimum absolute atomic E-state index is 0.503. The lowest BCUT2D eigenvalue weighted by Crippen LogP contribution is -2.30. The molecule has 0 fully saturated rings. The summed E-state index contributed by atoms with van der Waals surface area (Å²) in [4.78, 5) is 0. The molecule has 2 nitrogen and oxygen atoms in total. The predicted molar refractivity (Wildman–Crippen MR) is 90.8 cm³/mol. The number of benzene rings is 2. The van der Waals surface area contributed by atoms with Crippen LogP contribution in [-0.4, -0.2) is 11.7 Å². The molecule has 0 saturated heterocycles. The first-order valence-corrected chi connectivity index (χ1v) is 7.35. The van der Waals surface area contributed by atoms with Crippen molar-refractivity contribution < 1.29 is 0 Å². The van der Waals surface area contributed by atoms with Crippen molar-refractivity contribution >= 4 is 46.2 Å². The lowest BCUT2D eigenvalue weighted by atomic mass is 10.1. The predicted octanol–water partition coefficient (Wildman–Crippen LogP) is 4.52. The molecule has 0 aromatic heterocycles. The molecule has 104 valence electrons. The fourth-order valence-electron chi connectivity index (χ4n) is 1.71. The van der Waals surface area contributed by atoms with Crippen molar-refractivity contribution in [3.05, 3.63) is 64.1 Å². The fourth-order valence-corrected chi connectivity index (χ4v) is 2.23. The summed E-state index contributed by atoms with van der Waals surface area (Å²) in [6.07, 6.45) is 0.921. The maximum atomic E-state index is 5.95. The molecule has 5 heteroatoms. The van der Waals surface area contributed by atoms with Crippen LogP contribution in [0.3, 0.4) is 0 Å². The second-order valence-corrected chi connectivity index (χ2v) is 5.47. The van der Waals surface area contributed by atoms with Gasteiger partial charge in [0, 0.05) is 12.2 Å². The average molecular weight is 325 g/mol. The Morgan fingerprint density at radius 1 is 1.00 bits per heavy atom. The second-order valence-electron chi connectivity index (χ2n) is 4.25. The summed E-state index contributed by atoms with van der Waals surface area (Å²) in [5, 5.41) is 7.83.